The van der Waals surface area contributed by atoms with Crippen molar-refractivity contribution in [1.82, 2.24) is 15.6 Å². The monoisotopic (exact) mass is 341 g/mol. The van der Waals surface area contributed by atoms with Gasteiger partial charge in [0, 0.05) is 18.8 Å². The van der Waals surface area contributed by atoms with E-state index in [-0.39, 0.29) is 17.6 Å². The summed E-state index contributed by atoms with van der Waals surface area (Å²) < 4.78 is 0. The molecule has 6 heteroatoms. The Morgan fingerprint density at radius 1 is 1.12 bits per heavy atom. The van der Waals surface area contributed by atoms with Crippen LogP contribution in [0.5, 0.6) is 0 Å². The van der Waals surface area contributed by atoms with Crippen molar-refractivity contribution in [3.8, 4) is 0 Å². The lowest BCUT2D eigenvalue weighted by atomic mass is 10.2. The average Bonchev–Trinajstić information content (AvgIpc) is 3.43. The zero-order valence-corrected chi connectivity index (χ0v) is 14.0. The number of thioether (sulfide) groups is 1. The molecule has 2 N–H and O–H groups in total. The fourth-order valence-corrected chi connectivity index (χ4v) is 2.97. The Bertz CT molecular complexity index is 717. The second-order valence-electron chi connectivity index (χ2n) is 5.65. The minimum Gasteiger partial charge on any atom is -0.351 e. The molecule has 2 amide bonds. The van der Waals surface area contributed by atoms with Gasteiger partial charge in [0.15, 0.2) is 0 Å². The molecule has 24 heavy (non-hydrogen) atoms. The topological polar surface area (TPSA) is 71.1 Å². The lowest BCUT2D eigenvalue weighted by Gasteiger charge is -2.09. The number of nitrogens with zero attached hydrogens (tertiary/aromatic N) is 1. The van der Waals surface area contributed by atoms with Gasteiger partial charge >= 0.3 is 0 Å². The van der Waals surface area contributed by atoms with Crippen molar-refractivity contribution in [2.45, 2.75) is 30.5 Å². The quantitative estimate of drug-likeness (QED) is 0.759. The second kappa shape index (κ2) is 7.97. The zero-order valence-electron chi connectivity index (χ0n) is 13.2. The summed E-state index contributed by atoms with van der Waals surface area (Å²) in [4.78, 5) is 28.4. The molecule has 0 radical (unpaired) electrons. The number of benzene rings is 1. The lowest BCUT2D eigenvalue weighted by molar-refractivity contribution is -0.118. The maximum absolute atomic E-state index is 12.2. The SMILES string of the molecule is O=C(CSc1ncccc1C(=O)NC1CC1)NCc1ccccc1. The molecule has 1 fully saturated rings. The number of pyridine rings is 1. The minimum absolute atomic E-state index is 0.0805. The van der Waals surface area contributed by atoms with E-state index in [4.69, 9.17) is 0 Å². The Morgan fingerprint density at radius 3 is 2.67 bits per heavy atom. The molecule has 1 aromatic carbocycles. The smallest absolute Gasteiger partial charge is 0.254 e. The number of aromatic nitrogens is 1. The summed E-state index contributed by atoms with van der Waals surface area (Å²) in [6.07, 6.45) is 3.71. The third-order valence-electron chi connectivity index (χ3n) is 3.60. The molecule has 0 saturated heterocycles. The van der Waals surface area contributed by atoms with Crippen LogP contribution in [-0.4, -0.2) is 28.6 Å². The van der Waals surface area contributed by atoms with Gasteiger partial charge in [-0.25, -0.2) is 4.98 Å². The first-order valence-corrected chi connectivity index (χ1v) is 8.90. The fraction of sp³-hybridized carbons (Fsp3) is 0.278. The molecule has 124 valence electrons. The van der Waals surface area contributed by atoms with Crippen molar-refractivity contribution >= 4 is 23.6 Å². The molecular weight excluding hydrogens is 322 g/mol. The molecule has 0 atom stereocenters. The van der Waals surface area contributed by atoms with Crippen LogP contribution in [0.2, 0.25) is 0 Å². The van der Waals surface area contributed by atoms with Gasteiger partial charge in [-0.15, -0.1) is 0 Å². The Kier molecular flexibility index (Phi) is 5.48. The van der Waals surface area contributed by atoms with Crippen molar-refractivity contribution < 1.29 is 9.59 Å². The van der Waals surface area contributed by atoms with E-state index in [9.17, 15) is 9.59 Å². The van der Waals surface area contributed by atoms with Crippen LogP contribution in [0.4, 0.5) is 0 Å². The van der Waals surface area contributed by atoms with E-state index in [0.29, 0.717) is 23.2 Å². The van der Waals surface area contributed by atoms with Crippen molar-refractivity contribution in [1.29, 1.82) is 0 Å². The highest BCUT2D eigenvalue weighted by Gasteiger charge is 2.25. The molecule has 1 aliphatic carbocycles. The molecule has 0 aliphatic heterocycles. The summed E-state index contributed by atoms with van der Waals surface area (Å²) in [7, 11) is 0. The molecule has 1 heterocycles. The molecule has 1 aromatic heterocycles. The molecule has 1 saturated carbocycles. The third kappa shape index (κ3) is 4.83. The van der Waals surface area contributed by atoms with Gasteiger partial charge in [0.1, 0.15) is 5.03 Å². The highest BCUT2D eigenvalue weighted by atomic mass is 32.2. The number of rotatable bonds is 7. The Balaban J connectivity index is 1.52. The molecule has 0 bridgehead atoms. The standard InChI is InChI=1S/C18H19N3O2S/c22-16(20-11-13-5-2-1-3-6-13)12-24-18-15(7-4-10-19-18)17(23)21-14-8-9-14/h1-7,10,14H,8-9,11-12H2,(H,20,22)(H,21,23). The molecular formula is C18H19N3O2S. The molecule has 3 rings (SSSR count). The zero-order chi connectivity index (χ0) is 16.8. The van der Waals surface area contributed by atoms with E-state index in [1.54, 1.807) is 18.3 Å². The molecule has 0 unspecified atom stereocenters. The van der Waals surface area contributed by atoms with Crippen LogP contribution in [-0.2, 0) is 11.3 Å². The van der Waals surface area contributed by atoms with Crippen LogP contribution in [0, 0.1) is 0 Å². The summed E-state index contributed by atoms with van der Waals surface area (Å²) in [6, 6.07) is 13.5. The van der Waals surface area contributed by atoms with Crippen molar-refractivity contribution in [3.63, 3.8) is 0 Å². The Hall–Kier alpha value is -2.34. The Morgan fingerprint density at radius 2 is 1.92 bits per heavy atom. The summed E-state index contributed by atoms with van der Waals surface area (Å²) in [6.45, 7) is 0.497. The van der Waals surface area contributed by atoms with Gasteiger partial charge in [0.25, 0.3) is 5.91 Å². The Labute approximate surface area is 145 Å². The average molecular weight is 341 g/mol. The highest BCUT2D eigenvalue weighted by Crippen LogP contribution is 2.23. The van der Waals surface area contributed by atoms with Gasteiger partial charge in [0.2, 0.25) is 5.91 Å². The van der Waals surface area contributed by atoms with Gasteiger partial charge in [-0.1, -0.05) is 42.1 Å². The van der Waals surface area contributed by atoms with Crippen molar-refractivity contribution in [2.75, 3.05) is 5.75 Å². The predicted molar refractivity (Wildman–Crippen MR) is 93.7 cm³/mol. The number of carbonyl (C=O) groups excluding carboxylic acids is 2. The van der Waals surface area contributed by atoms with Gasteiger partial charge in [0.05, 0.1) is 11.3 Å². The van der Waals surface area contributed by atoms with Gasteiger partial charge in [-0.3, -0.25) is 9.59 Å². The van der Waals surface area contributed by atoms with Crippen LogP contribution in [0.1, 0.15) is 28.8 Å². The number of nitrogens with one attached hydrogen (secondary N) is 2. The lowest BCUT2D eigenvalue weighted by Crippen LogP contribution is -2.27. The van der Waals surface area contributed by atoms with Gasteiger partial charge in [-0.05, 0) is 30.5 Å². The summed E-state index contributed by atoms with van der Waals surface area (Å²) in [5, 5.41) is 6.41. The maximum Gasteiger partial charge on any atom is 0.254 e. The molecule has 2 aromatic rings. The first-order chi connectivity index (χ1) is 11.7. The molecule has 0 spiro atoms. The van der Waals surface area contributed by atoms with Crippen molar-refractivity contribution in [2.24, 2.45) is 0 Å². The number of amides is 2. The number of hydrogen-bond donors (Lipinski definition) is 2. The summed E-state index contributed by atoms with van der Waals surface area (Å²) in [5.74, 6) is 0.0361. The summed E-state index contributed by atoms with van der Waals surface area (Å²) >= 11 is 1.28. The van der Waals surface area contributed by atoms with Crippen LogP contribution in [0.25, 0.3) is 0 Å². The maximum atomic E-state index is 12.2. The first-order valence-electron chi connectivity index (χ1n) is 7.91. The first kappa shape index (κ1) is 16.5. The van der Waals surface area contributed by atoms with E-state index >= 15 is 0 Å². The third-order valence-corrected chi connectivity index (χ3v) is 4.61. The number of hydrogen-bond acceptors (Lipinski definition) is 4. The summed E-state index contributed by atoms with van der Waals surface area (Å²) in [5.41, 5.74) is 1.59. The predicted octanol–water partition coefficient (Wildman–Crippen LogP) is 2.38. The van der Waals surface area contributed by atoms with Crippen LogP contribution >= 0.6 is 11.8 Å². The van der Waals surface area contributed by atoms with Crippen LogP contribution in [0.15, 0.2) is 53.7 Å². The molecule has 5 nitrogen and oxygen atoms in total. The van der Waals surface area contributed by atoms with Crippen molar-refractivity contribution in [3.05, 3.63) is 59.8 Å². The highest BCUT2D eigenvalue weighted by molar-refractivity contribution is 8.00. The van der Waals surface area contributed by atoms with E-state index in [0.717, 1.165) is 18.4 Å². The van der Waals surface area contributed by atoms with E-state index in [1.165, 1.54) is 11.8 Å². The van der Waals surface area contributed by atoms with Gasteiger partial charge < -0.3 is 10.6 Å². The normalized spacial score (nSPS) is 13.3. The second-order valence-corrected chi connectivity index (χ2v) is 6.62. The van der Waals surface area contributed by atoms with E-state index in [2.05, 4.69) is 15.6 Å². The van der Waals surface area contributed by atoms with E-state index < -0.39 is 0 Å². The van der Waals surface area contributed by atoms with E-state index in [1.807, 2.05) is 30.3 Å². The number of carbonyl (C=O) groups is 2. The fourth-order valence-electron chi connectivity index (χ4n) is 2.15. The minimum atomic E-state index is -0.113. The molecule has 1 aliphatic rings. The largest absolute Gasteiger partial charge is 0.351 e. The van der Waals surface area contributed by atoms with Crippen LogP contribution < -0.4 is 10.6 Å². The van der Waals surface area contributed by atoms with Gasteiger partial charge in [-0.2, -0.15) is 0 Å². The van der Waals surface area contributed by atoms with Crippen LogP contribution in [0.3, 0.4) is 0 Å².